The van der Waals surface area contributed by atoms with Crippen molar-refractivity contribution < 1.29 is 10.00 Å². The summed E-state index contributed by atoms with van der Waals surface area (Å²) >= 11 is 0. The van der Waals surface area contributed by atoms with Gasteiger partial charge in [0.15, 0.2) is 5.80 Å². The molecule has 0 aliphatic heterocycles. The van der Waals surface area contributed by atoms with E-state index in [1.807, 2.05) is 19.9 Å². The van der Waals surface area contributed by atoms with Crippen LogP contribution in [0.3, 0.4) is 0 Å². The average molecular weight is 197 g/mol. The highest BCUT2D eigenvalue weighted by molar-refractivity contribution is 7.52. The smallest absolute Gasteiger partial charge is 0.254 e. The Morgan fingerprint density at radius 1 is 1.31 bits per heavy atom. The normalized spacial score (nSPS) is 12.2. The van der Waals surface area contributed by atoms with Crippen LogP contribution in [0.1, 0.15) is 19.4 Å². The fourth-order valence-electron chi connectivity index (χ4n) is 0.888. The van der Waals surface area contributed by atoms with Crippen LogP contribution in [-0.2, 0) is 0 Å². The second kappa shape index (κ2) is 4.40. The molecule has 1 aromatic rings. The maximum absolute atomic E-state index is 9.60. The predicted molar refractivity (Wildman–Crippen MR) is 57.5 cm³/mol. The first-order valence-corrected chi connectivity index (χ1v) is 5.64. The third-order valence-corrected chi connectivity index (χ3v) is 3.34. The van der Waals surface area contributed by atoms with Gasteiger partial charge in [-0.3, -0.25) is 0 Å². The maximum Gasteiger partial charge on any atom is 0.254 e. The van der Waals surface area contributed by atoms with Gasteiger partial charge in [-0.25, -0.2) is 0 Å². The van der Waals surface area contributed by atoms with Gasteiger partial charge in [0, 0.05) is 0 Å². The van der Waals surface area contributed by atoms with Crippen LogP contribution in [0.5, 0.6) is 5.75 Å². The number of aromatic hydroxyl groups is 1. The molecule has 0 bridgehead atoms. The molecule has 0 saturated heterocycles. The van der Waals surface area contributed by atoms with Crippen molar-refractivity contribution in [2.75, 3.05) is 0 Å². The lowest BCUT2D eigenvalue weighted by Gasteiger charge is -1.95. The van der Waals surface area contributed by atoms with Crippen LogP contribution in [0.4, 0.5) is 0 Å². The number of phenols is 1. The fourth-order valence-corrected chi connectivity index (χ4v) is 1.69. The van der Waals surface area contributed by atoms with Crippen molar-refractivity contribution in [3.63, 3.8) is 0 Å². The SMILES string of the molecule is CC(C)[P+](O)=Cc1ccccc1O. The molecule has 13 heavy (non-hydrogen) atoms. The van der Waals surface area contributed by atoms with Gasteiger partial charge < -0.3 is 5.11 Å². The third-order valence-electron chi connectivity index (χ3n) is 1.74. The maximum atomic E-state index is 9.60. The zero-order chi connectivity index (χ0) is 9.84. The van der Waals surface area contributed by atoms with Crippen molar-refractivity contribution in [1.29, 1.82) is 0 Å². The number of hydrogen-bond donors (Lipinski definition) is 2. The standard InChI is InChI=1S/C10H13O2P/c1-8(2)13(12)7-9-5-3-4-6-10(9)11/h3-8H,1-2H3,(H-,11,12)/p+1. The van der Waals surface area contributed by atoms with E-state index >= 15 is 0 Å². The van der Waals surface area contributed by atoms with E-state index in [2.05, 4.69) is 0 Å². The number of benzene rings is 1. The largest absolute Gasteiger partial charge is 0.507 e. The van der Waals surface area contributed by atoms with Crippen LogP contribution in [0, 0.1) is 0 Å². The third kappa shape index (κ3) is 2.83. The van der Waals surface area contributed by atoms with Crippen molar-refractivity contribution in [3.05, 3.63) is 29.8 Å². The van der Waals surface area contributed by atoms with Gasteiger partial charge in [0.25, 0.3) is 7.77 Å². The number of rotatable bonds is 2. The number of hydrogen-bond acceptors (Lipinski definition) is 2. The lowest BCUT2D eigenvalue weighted by atomic mass is 10.2. The quantitative estimate of drug-likeness (QED) is 0.714. The van der Waals surface area contributed by atoms with Gasteiger partial charge in [0.1, 0.15) is 11.4 Å². The lowest BCUT2D eigenvalue weighted by molar-refractivity contribution is 0.474. The minimum atomic E-state index is -1.12. The Balaban J connectivity index is 2.97. The molecule has 0 aliphatic rings. The minimum absolute atomic E-state index is 0.227. The summed E-state index contributed by atoms with van der Waals surface area (Å²) in [6, 6.07) is 7.02. The first-order chi connectivity index (χ1) is 6.11. The first kappa shape index (κ1) is 10.2. The van der Waals surface area contributed by atoms with Gasteiger partial charge in [-0.1, -0.05) is 12.1 Å². The monoisotopic (exact) mass is 197 g/mol. The average Bonchev–Trinajstić information content (AvgIpc) is 2.08. The Kier molecular flexibility index (Phi) is 3.47. The molecule has 2 nitrogen and oxygen atoms in total. The molecule has 3 heteroatoms. The topological polar surface area (TPSA) is 40.5 Å². The lowest BCUT2D eigenvalue weighted by Crippen LogP contribution is -1.89. The number of para-hydroxylation sites is 1. The van der Waals surface area contributed by atoms with Crippen molar-refractivity contribution in [2.24, 2.45) is 0 Å². The van der Waals surface area contributed by atoms with E-state index in [-0.39, 0.29) is 11.4 Å². The van der Waals surface area contributed by atoms with E-state index in [9.17, 15) is 10.00 Å². The molecule has 2 N–H and O–H groups in total. The zero-order valence-electron chi connectivity index (χ0n) is 7.81. The van der Waals surface area contributed by atoms with Crippen LogP contribution in [0.15, 0.2) is 24.3 Å². The molecule has 1 aromatic carbocycles. The van der Waals surface area contributed by atoms with Crippen LogP contribution >= 0.6 is 7.77 Å². The summed E-state index contributed by atoms with van der Waals surface area (Å²) < 4.78 is 0. The molecule has 0 heterocycles. The fraction of sp³-hybridized carbons (Fsp3) is 0.300. The molecule has 0 fully saturated rings. The van der Waals surface area contributed by atoms with Crippen LogP contribution < -0.4 is 0 Å². The second-order valence-corrected chi connectivity index (χ2v) is 5.21. The van der Waals surface area contributed by atoms with Gasteiger partial charge in [0.2, 0.25) is 0 Å². The first-order valence-electron chi connectivity index (χ1n) is 4.21. The summed E-state index contributed by atoms with van der Waals surface area (Å²) in [7, 11) is -1.12. The van der Waals surface area contributed by atoms with Crippen molar-refractivity contribution in [3.8, 4) is 5.75 Å². The highest BCUT2D eigenvalue weighted by atomic mass is 31.1. The summed E-state index contributed by atoms with van der Waals surface area (Å²) in [5.41, 5.74) is 0.944. The molecule has 0 aromatic heterocycles. The molecular weight excluding hydrogens is 183 g/mol. The van der Waals surface area contributed by atoms with E-state index in [0.29, 0.717) is 5.56 Å². The van der Waals surface area contributed by atoms with Crippen LogP contribution in [-0.4, -0.2) is 21.5 Å². The molecule has 0 spiro atoms. The van der Waals surface area contributed by atoms with E-state index in [4.69, 9.17) is 0 Å². The molecule has 0 aliphatic carbocycles. The number of phenolic OH excluding ortho intramolecular Hbond substituents is 1. The molecule has 0 amide bonds. The Morgan fingerprint density at radius 3 is 2.46 bits per heavy atom. The van der Waals surface area contributed by atoms with Gasteiger partial charge >= 0.3 is 0 Å². The van der Waals surface area contributed by atoms with Crippen LogP contribution in [0.2, 0.25) is 0 Å². The van der Waals surface area contributed by atoms with E-state index < -0.39 is 7.77 Å². The Labute approximate surface area is 79.3 Å². The summed E-state index contributed by atoms with van der Waals surface area (Å²) in [5.74, 6) is 1.96. The molecule has 1 rings (SSSR count). The van der Waals surface area contributed by atoms with E-state index in [1.54, 1.807) is 24.0 Å². The van der Waals surface area contributed by atoms with Crippen molar-refractivity contribution in [2.45, 2.75) is 19.5 Å². The highest BCUT2D eigenvalue weighted by Crippen LogP contribution is 2.26. The molecule has 1 atom stereocenters. The molecule has 0 radical (unpaired) electrons. The minimum Gasteiger partial charge on any atom is -0.507 e. The Bertz CT molecular complexity index is 318. The predicted octanol–water partition coefficient (Wildman–Crippen LogP) is 2.34. The highest BCUT2D eigenvalue weighted by Gasteiger charge is 2.12. The Morgan fingerprint density at radius 2 is 1.92 bits per heavy atom. The van der Waals surface area contributed by atoms with Crippen molar-refractivity contribution in [1.82, 2.24) is 0 Å². The van der Waals surface area contributed by atoms with E-state index in [1.165, 1.54) is 0 Å². The summed E-state index contributed by atoms with van der Waals surface area (Å²) in [6.45, 7) is 3.92. The molecular formula is C10H14O2P+. The zero-order valence-corrected chi connectivity index (χ0v) is 8.70. The molecule has 0 saturated carbocycles. The van der Waals surface area contributed by atoms with Crippen LogP contribution in [0.25, 0.3) is 0 Å². The van der Waals surface area contributed by atoms with Gasteiger partial charge in [-0.15, -0.1) is 0 Å². The van der Waals surface area contributed by atoms with Crippen molar-refractivity contribution >= 4 is 13.6 Å². The van der Waals surface area contributed by atoms with E-state index in [0.717, 1.165) is 0 Å². The summed E-state index contributed by atoms with van der Waals surface area (Å²) in [4.78, 5) is 9.60. The summed E-state index contributed by atoms with van der Waals surface area (Å²) in [6.07, 6.45) is 0. The molecule has 70 valence electrons. The van der Waals surface area contributed by atoms with Gasteiger partial charge in [-0.2, -0.15) is 4.89 Å². The Hall–Kier alpha value is -0.850. The molecule has 1 unspecified atom stereocenters. The second-order valence-electron chi connectivity index (χ2n) is 3.16. The van der Waals surface area contributed by atoms with Gasteiger partial charge in [-0.05, 0) is 26.0 Å². The van der Waals surface area contributed by atoms with Gasteiger partial charge in [0.05, 0.1) is 5.56 Å². The summed E-state index contributed by atoms with van der Waals surface area (Å²) in [5, 5.41) is 9.41.